The molecule has 0 fully saturated rings. The molecular weight excluding hydrogens is 235 g/mol. The van der Waals surface area contributed by atoms with Crippen LogP contribution in [-0.2, 0) is 0 Å². The molecule has 2 aromatic heterocycles. The Morgan fingerprint density at radius 1 is 1.39 bits per heavy atom. The summed E-state index contributed by atoms with van der Waals surface area (Å²) in [5.41, 5.74) is 6.40. The van der Waals surface area contributed by atoms with E-state index in [0.29, 0.717) is 23.3 Å². The maximum absolute atomic E-state index is 12.7. The Hall–Kier alpha value is -1.82. The molecule has 0 aliphatic heterocycles. The fraction of sp³-hybridized carbons (Fsp3) is 0.417. The molecule has 0 amide bonds. The van der Waals surface area contributed by atoms with Gasteiger partial charge in [-0.2, -0.15) is 4.98 Å². The minimum atomic E-state index is -0.404. The van der Waals surface area contributed by atoms with E-state index in [0.717, 1.165) is 12.6 Å². The second-order valence-electron chi connectivity index (χ2n) is 4.55. The maximum atomic E-state index is 12.7. The average Bonchev–Trinajstić information content (AvgIpc) is 2.78. The lowest BCUT2D eigenvalue weighted by atomic mass is 10.0. The summed E-state index contributed by atoms with van der Waals surface area (Å²) in [6.07, 6.45) is 1.87. The van der Waals surface area contributed by atoms with Crippen LogP contribution in [0.15, 0.2) is 22.9 Å². The van der Waals surface area contributed by atoms with Gasteiger partial charge in [0.05, 0.1) is 12.2 Å². The van der Waals surface area contributed by atoms with Crippen LogP contribution in [0.1, 0.15) is 32.2 Å². The molecule has 2 heterocycles. The molecule has 2 aromatic rings. The molecule has 5 nitrogen and oxygen atoms in total. The van der Waals surface area contributed by atoms with Crippen LogP contribution in [0.25, 0.3) is 11.5 Å². The van der Waals surface area contributed by atoms with Crippen LogP contribution in [0, 0.1) is 11.7 Å². The first-order chi connectivity index (χ1) is 8.56. The smallest absolute Gasteiger partial charge is 0.243 e. The van der Waals surface area contributed by atoms with Crippen molar-refractivity contribution in [3.63, 3.8) is 0 Å². The monoisotopic (exact) mass is 250 g/mol. The van der Waals surface area contributed by atoms with Crippen LogP contribution >= 0.6 is 0 Å². The van der Waals surface area contributed by atoms with Gasteiger partial charge in [-0.15, -0.1) is 0 Å². The first-order valence-corrected chi connectivity index (χ1v) is 5.77. The van der Waals surface area contributed by atoms with Crippen molar-refractivity contribution < 1.29 is 8.91 Å². The third kappa shape index (κ3) is 2.89. The SMILES string of the molecule is CC(C)CC(N)c1nc(-c2ccc(F)cn2)no1. The first-order valence-electron chi connectivity index (χ1n) is 5.77. The zero-order chi connectivity index (χ0) is 13.1. The van der Waals surface area contributed by atoms with Crippen LogP contribution in [0.4, 0.5) is 4.39 Å². The highest BCUT2D eigenvalue weighted by Gasteiger charge is 2.17. The van der Waals surface area contributed by atoms with Crippen molar-refractivity contribution in [2.24, 2.45) is 11.7 Å². The Bertz CT molecular complexity index is 509. The molecule has 0 bridgehead atoms. The molecule has 0 spiro atoms. The van der Waals surface area contributed by atoms with Gasteiger partial charge in [0.2, 0.25) is 11.7 Å². The number of rotatable bonds is 4. The van der Waals surface area contributed by atoms with Crippen molar-refractivity contribution in [2.45, 2.75) is 26.3 Å². The third-order valence-corrected chi connectivity index (χ3v) is 2.44. The molecule has 18 heavy (non-hydrogen) atoms. The van der Waals surface area contributed by atoms with Gasteiger partial charge in [-0.25, -0.2) is 9.37 Å². The van der Waals surface area contributed by atoms with Crippen molar-refractivity contribution in [1.29, 1.82) is 0 Å². The molecule has 0 saturated carbocycles. The molecule has 1 unspecified atom stereocenters. The average molecular weight is 250 g/mol. The van der Waals surface area contributed by atoms with Crippen LogP contribution in [0.3, 0.4) is 0 Å². The maximum Gasteiger partial charge on any atom is 0.243 e. The van der Waals surface area contributed by atoms with E-state index in [1.54, 1.807) is 0 Å². The lowest BCUT2D eigenvalue weighted by Crippen LogP contribution is -2.13. The van der Waals surface area contributed by atoms with E-state index in [2.05, 4.69) is 29.0 Å². The summed E-state index contributed by atoms with van der Waals surface area (Å²) in [5.74, 6) is 0.743. The summed E-state index contributed by atoms with van der Waals surface area (Å²) >= 11 is 0. The van der Waals surface area contributed by atoms with Gasteiger partial charge in [0.1, 0.15) is 11.5 Å². The highest BCUT2D eigenvalue weighted by molar-refractivity contribution is 5.47. The van der Waals surface area contributed by atoms with Gasteiger partial charge in [-0.3, -0.25) is 0 Å². The summed E-state index contributed by atoms with van der Waals surface area (Å²) in [6, 6.07) is 2.51. The zero-order valence-corrected chi connectivity index (χ0v) is 10.3. The van der Waals surface area contributed by atoms with Crippen LogP contribution in [0.5, 0.6) is 0 Å². The first kappa shape index (κ1) is 12.6. The molecular formula is C12H15FN4O. The Morgan fingerprint density at radius 2 is 2.17 bits per heavy atom. The lowest BCUT2D eigenvalue weighted by Gasteiger charge is -2.08. The van der Waals surface area contributed by atoms with Gasteiger partial charge in [0.15, 0.2) is 0 Å². The minimum absolute atomic E-state index is 0.285. The van der Waals surface area contributed by atoms with E-state index >= 15 is 0 Å². The van der Waals surface area contributed by atoms with E-state index in [4.69, 9.17) is 10.3 Å². The lowest BCUT2D eigenvalue weighted by molar-refractivity contribution is 0.335. The number of hydrogen-bond acceptors (Lipinski definition) is 5. The van der Waals surface area contributed by atoms with Crippen LogP contribution in [-0.4, -0.2) is 15.1 Å². The van der Waals surface area contributed by atoms with Gasteiger partial charge >= 0.3 is 0 Å². The number of halogens is 1. The number of nitrogens with two attached hydrogens (primary N) is 1. The third-order valence-electron chi connectivity index (χ3n) is 2.44. The fourth-order valence-corrected chi connectivity index (χ4v) is 1.61. The molecule has 0 radical (unpaired) electrons. The minimum Gasteiger partial charge on any atom is -0.337 e. The summed E-state index contributed by atoms with van der Waals surface area (Å²) in [5, 5.41) is 3.79. The molecule has 2 rings (SSSR count). The molecule has 1 atom stereocenters. The number of pyridine rings is 1. The normalized spacial score (nSPS) is 12.9. The summed E-state index contributed by atoms with van der Waals surface area (Å²) in [6.45, 7) is 4.14. The Morgan fingerprint density at radius 3 is 2.78 bits per heavy atom. The van der Waals surface area contributed by atoms with E-state index in [9.17, 15) is 4.39 Å². The number of hydrogen-bond donors (Lipinski definition) is 1. The fourth-order valence-electron chi connectivity index (χ4n) is 1.61. The molecule has 2 N–H and O–H groups in total. The quantitative estimate of drug-likeness (QED) is 0.900. The zero-order valence-electron chi connectivity index (χ0n) is 10.3. The van der Waals surface area contributed by atoms with Crippen LogP contribution < -0.4 is 5.73 Å². The van der Waals surface area contributed by atoms with Crippen molar-refractivity contribution >= 4 is 0 Å². The number of aromatic nitrogens is 3. The summed E-state index contributed by atoms with van der Waals surface area (Å²) in [4.78, 5) is 8.06. The standard InChI is InChI=1S/C12H15FN4O/c1-7(2)5-9(14)12-16-11(17-18-12)10-4-3-8(13)6-15-10/h3-4,6-7,9H,5,14H2,1-2H3. The second-order valence-corrected chi connectivity index (χ2v) is 4.55. The van der Waals surface area contributed by atoms with Crippen LogP contribution in [0.2, 0.25) is 0 Å². The topological polar surface area (TPSA) is 77.8 Å². The van der Waals surface area contributed by atoms with Gasteiger partial charge in [-0.05, 0) is 24.5 Å². The van der Waals surface area contributed by atoms with Crippen molar-refractivity contribution in [3.8, 4) is 11.5 Å². The number of nitrogens with zero attached hydrogens (tertiary/aromatic N) is 3. The Kier molecular flexibility index (Phi) is 3.66. The van der Waals surface area contributed by atoms with E-state index in [-0.39, 0.29) is 6.04 Å². The Balaban J connectivity index is 2.17. The van der Waals surface area contributed by atoms with Crippen molar-refractivity contribution in [3.05, 3.63) is 30.0 Å². The molecule has 0 aliphatic rings. The van der Waals surface area contributed by atoms with Gasteiger partial charge in [0, 0.05) is 0 Å². The molecule has 0 aromatic carbocycles. The highest BCUT2D eigenvalue weighted by atomic mass is 19.1. The van der Waals surface area contributed by atoms with E-state index < -0.39 is 5.82 Å². The predicted octanol–water partition coefficient (Wildman–Crippen LogP) is 2.32. The van der Waals surface area contributed by atoms with E-state index in [1.807, 2.05) is 0 Å². The van der Waals surface area contributed by atoms with E-state index in [1.165, 1.54) is 12.1 Å². The van der Waals surface area contributed by atoms with Crippen molar-refractivity contribution in [2.75, 3.05) is 0 Å². The molecule has 6 heteroatoms. The largest absolute Gasteiger partial charge is 0.337 e. The Labute approximate surface area is 104 Å². The van der Waals surface area contributed by atoms with Gasteiger partial charge < -0.3 is 10.3 Å². The highest BCUT2D eigenvalue weighted by Crippen LogP contribution is 2.20. The summed E-state index contributed by atoms with van der Waals surface area (Å²) < 4.78 is 17.8. The van der Waals surface area contributed by atoms with Gasteiger partial charge in [-0.1, -0.05) is 19.0 Å². The molecule has 0 aliphatic carbocycles. The predicted molar refractivity (Wildman–Crippen MR) is 63.9 cm³/mol. The second kappa shape index (κ2) is 5.22. The summed E-state index contributed by atoms with van der Waals surface area (Å²) in [7, 11) is 0. The molecule has 96 valence electrons. The molecule has 0 saturated heterocycles. The van der Waals surface area contributed by atoms with Crippen molar-refractivity contribution in [1.82, 2.24) is 15.1 Å². The van der Waals surface area contributed by atoms with Gasteiger partial charge in [0.25, 0.3) is 0 Å².